The van der Waals surface area contributed by atoms with E-state index < -0.39 is 6.09 Å². The van der Waals surface area contributed by atoms with Gasteiger partial charge in [-0.25, -0.2) is 14.3 Å². The number of hydrogen-bond acceptors (Lipinski definition) is 3. The molecule has 1 aromatic heterocycles. The van der Waals surface area contributed by atoms with Crippen LogP contribution in [0, 0.1) is 0 Å². The van der Waals surface area contributed by atoms with Gasteiger partial charge in [0, 0.05) is 0 Å². The highest BCUT2D eigenvalue weighted by Gasteiger charge is 2.18. The third kappa shape index (κ3) is 2.46. The number of ether oxygens (including phenoxy) is 1. The molecule has 0 spiro atoms. The van der Waals surface area contributed by atoms with E-state index in [0.717, 1.165) is 0 Å². The number of carbonyl (C=O) groups is 1. The van der Waals surface area contributed by atoms with Crippen LogP contribution in [0.1, 0.15) is 0 Å². The topological polar surface area (TPSA) is 44.1 Å². The van der Waals surface area contributed by atoms with E-state index in [1.165, 1.54) is 10.6 Å². The Bertz CT molecular complexity index is 375. The lowest BCUT2D eigenvalue weighted by molar-refractivity contribution is 0.159. The predicted octanol–water partition coefficient (Wildman–Crippen LogP) is 3.34. The molecule has 1 aromatic rings. The first-order chi connectivity index (χ1) is 6.57. The molecule has 0 atom stereocenters. The number of halogens is 3. The molecule has 0 aromatic carbocycles. The standard InChI is InChI=1S/C7H5Br3N2O2/c1-2-3-14-7(13)12-5(9)4(8)11-6(12)10/h2H,1,3H2. The second-order valence-electron chi connectivity index (χ2n) is 2.16. The Morgan fingerprint density at radius 2 is 2.21 bits per heavy atom. The second-order valence-corrected chi connectivity index (χ2v) is 4.38. The van der Waals surface area contributed by atoms with Crippen molar-refractivity contribution in [3.63, 3.8) is 0 Å². The smallest absolute Gasteiger partial charge is 0.421 e. The first-order valence-electron chi connectivity index (χ1n) is 3.45. The molecule has 0 unspecified atom stereocenters. The van der Waals surface area contributed by atoms with Gasteiger partial charge in [0.2, 0.25) is 0 Å². The zero-order chi connectivity index (χ0) is 10.7. The average molecular weight is 389 g/mol. The Kier molecular flexibility index (Phi) is 4.33. The summed E-state index contributed by atoms with van der Waals surface area (Å²) in [6.07, 6.45) is 0.966. The number of imidazole rings is 1. The molecule has 0 aliphatic heterocycles. The maximum absolute atomic E-state index is 11.4. The molecule has 14 heavy (non-hydrogen) atoms. The van der Waals surface area contributed by atoms with Crippen molar-refractivity contribution < 1.29 is 9.53 Å². The van der Waals surface area contributed by atoms with Gasteiger partial charge in [-0.05, 0) is 47.8 Å². The highest BCUT2D eigenvalue weighted by atomic mass is 79.9. The SMILES string of the molecule is C=CCOC(=O)n1c(Br)nc(Br)c1Br. The van der Waals surface area contributed by atoms with Crippen LogP contribution >= 0.6 is 47.8 Å². The Balaban J connectivity index is 2.94. The zero-order valence-corrected chi connectivity index (χ0v) is 11.6. The van der Waals surface area contributed by atoms with Crippen LogP contribution in [-0.4, -0.2) is 22.3 Å². The molecular weight excluding hydrogens is 384 g/mol. The molecular formula is C7H5Br3N2O2. The maximum atomic E-state index is 11.4. The largest absolute Gasteiger partial charge is 0.445 e. The second kappa shape index (κ2) is 5.09. The summed E-state index contributed by atoms with van der Waals surface area (Å²) in [4.78, 5) is 15.4. The Morgan fingerprint density at radius 3 is 2.64 bits per heavy atom. The third-order valence-corrected chi connectivity index (χ3v) is 3.60. The molecule has 0 fully saturated rings. The molecule has 0 aliphatic rings. The first-order valence-corrected chi connectivity index (χ1v) is 5.83. The van der Waals surface area contributed by atoms with Crippen molar-refractivity contribution in [2.75, 3.05) is 6.61 Å². The summed E-state index contributed by atoms with van der Waals surface area (Å²) in [5, 5.41) is 0. The number of hydrogen-bond donors (Lipinski definition) is 0. The fourth-order valence-electron chi connectivity index (χ4n) is 0.701. The van der Waals surface area contributed by atoms with E-state index in [-0.39, 0.29) is 6.61 Å². The van der Waals surface area contributed by atoms with E-state index in [0.29, 0.717) is 13.9 Å². The van der Waals surface area contributed by atoms with E-state index >= 15 is 0 Å². The molecule has 7 heteroatoms. The van der Waals surface area contributed by atoms with Gasteiger partial charge >= 0.3 is 6.09 Å². The molecule has 0 aliphatic carbocycles. The first kappa shape index (κ1) is 11.9. The van der Waals surface area contributed by atoms with E-state index in [2.05, 4.69) is 59.4 Å². The number of carbonyl (C=O) groups excluding carboxylic acids is 1. The Labute approximate surface area is 106 Å². The molecule has 0 N–H and O–H groups in total. The van der Waals surface area contributed by atoms with Crippen LogP contribution in [0.25, 0.3) is 0 Å². The number of aromatic nitrogens is 2. The van der Waals surface area contributed by atoms with E-state index in [1.807, 2.05) is 0 Å². The molecule has 1 heterocycles. The number of nitrogens with zero attached hydrogens (tertiary/aromatic N) is 2. The Hall–Kier alpha value is -0.140. The average Bonchev–Trinajstić information content (AvgIpc) is 2.38. The fraction of sp³-hybridized carbons (Fsp3) is 0.143. The highest BCUT2D eigenvalue weighted by molar-refractivity contribution is 9.13. The van der Waals surface area contributed by atoms with Crippen LogP contribution in [0.3, 0.4) is 0 Å². The van der Waals surface area contributed by atoms with Crippen molar-refractivity contribution in [1.82, 2.24) is 9.55 Å². The molecule has 0 saturated heterocycles. The summed E-state index contributed by atoms with van der Waals surface area (Å²) in [6, 6.07) is 0. The summed E-state index contributed by atoms with van der Waals surface area (Å²) < 4.78 is 7.47. The zero-order valence-electron chi connectivity index (χ0n) is 6.84. The monoisotopic (exact) mass is 386 g/mol. The van der Waals surface area contributed by atoms with Gasteiger partial charge in [-0.15, -0.1) is 0 Å². The molecule has 0 saturated carbocycles. The van der Waals surface area contributed by atoms with E-state index in [4.69, 9.17) is 4.74 Å². The van der Waals surface area contributed by atoms with Crippen molar-refractivity contribution >= 4 is 53.9 Å². The van der Waals surface area contributed by atoms with Gasteiger partial charge in [-0.3, -0.25) is 0 Å². The third-order valence-electron chi connectivity index (χ3n) is 1.25. The predicted molar refractivity (Wildman–Crippen MR) is 62.3 cm³/mol. The lowest BCUT2D eigenvalue weighted by Crippen LogP contribution is -2.14. The van der Waals surface area contributed by atoms with Crippen LogP contribution in [0.4, 0.5) is 4.79 Å². The molecule has 0 radical (unpaired) electrons. The van der Waals surface area contributed by atoms with Gasteiger partial charge in [0.1, 0.15) is 15.8 Å². The molecule has 4 nitrogen and oxygen atoms in total. The molecule has 0 amide bonds. The van der Waals surface area contributed by atoms with Crippen molar-refractivity contribution in [2.45, 2.75) is 0 Å². The van der Waals surface area contributed by atoms with Gasteiger partial charge in [0.05, 0.1) is 0 Å². The lowest BCUT2D eigenvalue weighted by Gasteiger charge is -2.03. The van der Waals surface area contributed by atoms with Crippen LogP contribution in [0.5, 0.6) is 0 Å². The van der Waals surface area contributed by atoms with Gasteiger partial charge in [0.15, 0.2) is 4.73 Å². The molecule has 76 valence electrons. The number of rotatable bonds is 2. The van der Waals surface area contributed by atoms with Crippen molar-refractivity contribution in [3.05, 3.63) is 26.6 Å². The van der Waals surface area contributed by atoms with Crippen molar-refractivity contribution in [1.29, 1.82) is 0 Å². The Morgan fingerprint density at radius 1 is 1.57 bits per heavy atom. The van der Waals surface area contributed by atoms with Gasteiger partial charge < -0.3 is 4.74 Å². The molecule has 0 bridgehead atoms. The lowest BCUT2D eigenvalue weighted by atomic mass is 10.7. The van der Waals surface area contributed by atoms with Crippen LogP contribution in [0.2, 0.25) is 0 Å². The normalized spacial score (nSPS) is 9.93. The van der Waals surface area contributed by atoms with Gasteiger partial charge in [0.25, 0.3) is 0 Å². The highest BCUT2D eigenvalue weighted by Crippen LogP contribution is 2.26. The minimum Gasteiger partial charge on any atom is -0.445 e. The van der Waals surface area contributed by atoms with Crippen LogP contribution < -0.4 is 0 Å². The van der Waals surface area contributed by atoms with Crippen LogP contribution in [-0.2, 0) is 4.74 Å². The summed E-state index contributed by atoms with van der Waals surface area (Å²) >= 11 is 9.48. The maximum Gasteiger partial charge on any atom is 0.421 e. The van der Waals surface area contributed by atoms with Crippen molar-refractivity contribution in [3.8, 4) is 0 Å². The minimum absolute atomic E-state index is 0.160. The van der Waals surface area contributed by atoms with Crippen LogP contribution in [0.15, 0.2) is 26.6 Å². The summed E-state index contributed by atoms with van der Waals surface area (Å²) in [6.45, 7) is 3.60. The quantitative estimate of drug-likeness (QED) is 0.730. The van der Waals surface area contributed by atoms with Gasteiger partial charge in [-0.2, -0.15) is 0 Å². The van der Waals surface area contributed by atoms with Gasteiger partial charge in [-0.1, -0.05) is 12.7 Å². The van der Waals surface area contributed by atoms with E-state index in [1.54, 1.807) is 0 Å². The fourth-order valence-corrected chi connectivity index (χ4v) is 2.42. The summed E-state index contributed by atoms with van der Waals surface area (Å²) in [7, 11) is 0. The van der Waals surface area contributed by atoms with Crippen molar-refractivity contribution in [2.24, 2.45) is 0 Å². The molecule has 1 rings (SSSR count). The summed E-state index contributed by atoms with van der Waals surface area (Å²) in [5.41, 5.74) is 0. The summed E-state index contributed by atoms with van der Waals surface area (Å²) in [5.74, 6) is 0. The van der Waals surface area contributed by atoms with E-state index in [9.17, 15) is 4.79 Å². The minimum atomic E-state index is -0.526.